The largest absolute Gasteiger partial charge is 0.496 e. The van der Waals surface area contributed by atoms with Crippen LogP contribution in [0.5, 0.6) is 5.75 Å². The first-order chi connectivity index (χ1) is 12.1. The lowest BCUT2D eigenvalue weighted by Gasteiger charge is -2.31. The van der Waals surface area contributed by atoms with Gasteiger partial charge in [-0.05, 0) is 30.3 Å². The number of anilines is 2. The Balaban J connectivity index is 1.91. The van der Waals surface area contributed by atoms with Crippen LogP contribution in [0, 0.1) is 0 Å². The van der Waals surface area contributed by atoms with Crippen molar-refractivity contribution in [2.45, 2.75) is 0 Å². The number of amides is 1. The number of hydrogen-bond donors (Lipinski definition) is 1. The zero-order valence-electron chi connectivity index (χ0n) is 13.7. The van der Waals surface area contributed by atoms with Crippen molar-refractivity contribution in [3.8, 4) is 5.75 Å². The normalized spacial score (nSPS) is 14.3. The maximum Gasteiger partial charge on any atom is 0.259 e. The number of carbonyl (C=O) groups is 1. The number of methoxy groups -OCH3 is 1. The number of hydrogen-bond acceptors (Lipinski definition) is 4. The van der Waals surface area contributed by atoms with Gasteiger partial charge in [0.2, 0.25) is 0 Å². The molecule has 0 bridgehead atoms. The molecule has 132 valence electrons. The molecular formula is C18H18BrClN2O3. The summed E-state index contributed by atoms with van der Waals surface area (Å²) in [5, 5.41) is 3.56. The number of benzene rings is 2. The van der Waals surface area contributed by atoms with Crippen molar-refractivity contribution in [1.82, 2.24) is 0 Å². The summed E-state index contributed by atoms with van der Waals surface area (Å²) in [6.07, 6.45) is 0. The van der Waals surface area contributed by atoms with E-state index in [1.54, 1.807) is 19.2 Å². The molecule has 1 amide bonds. The van der Waals surface area contributed by atoms with Gasteiger partial charge in [-0.15, -0.1) is 0 Å². The molecule has 0 aromatic heterocycles. The molecule has 25 heavy (non-hydrogen) atoms. The van der Waals surface area contributed by atoms with Gasteiger partial charge in [-0.1, -0.05) is 33.6 Å². The van der Waals surface area contributed by atoms with Gasteiger partial charge in [0.15, 0.2) is 0 Å². The van der Waals surface area contributed by atoms with Crippen LogP contribution in [0.25, 0.3) is 0 Å². The standard InChI is InChI=1S/C18H18BrClN2O3/c1-24-16-6-5-12(19)11-13(16)18(23)21-15-4-2-3-14(20)17(15)22-7-9-25-10-8-22/h2-6,11H,7-10H2,1H3,(H,21,23). The lowest BCUT2D eigenvalue weighted by Crippen LogP contribution is -2.37. The quantitative estimate of drug-likeness (QED) is 0.798. The van der Waals surface area contributed by atoms with Gasteiger partial charge in [0.05, 0.1) is 42.3 Å². The second-order valence-electron chi connectivity index (χ2n) is 5.53. The Bertz CT molecular complexity index is 779. The number of halogens is 2. The van der Waals surface area contributed by atoms with Crippen LogP contribution in [0.3, 0.4) is 0 Å². The summed E-state index contributed by atoms with van der Waals surface area (Å²) in [4.78, 5) is 14.9. The Morgan fingerprint density at radius 3 is 2.76 bits per heavy atom. The highest BCUT2D eigenvalue weighted by Gasteiger charge is 2.20. The number of rotatable bonds is 4. The molecule has 1 saturated heterocycles. The fourth-order valence-electron chi connectivity index (χ4n) is 2.77. The Morgan fingerprint density at radius 1 is 1.28 bits per heavy atom. The summed E-state index contributed by atoms with van der Waals surface area (Å²) in [7, 11) is 1.54. The Kier molecular flexibility index (Phi) is 5.83. The smallest absolute Gasteiger partial charge is 0.259 e. The van der Waals surface area contributed by atoms with E-state index in [9.17, 15) is 4.79 Å². The third kappa shape index (κ3) is 4.08. The van der Waals surface area contributed by atoms with Gasteiger partial charge in [-0.2, -0.15) is 0 Å². The fourth-order valence-corrected chi connectivity index (χ4v) is 3.43. The van der Waals surface area contributed by atoms with Gasteiger partial charge in [0.1, 0.15) is 5.75 Å². The lowest BCUT2D eigenvalue weighted by atomic mass is 10.1. The minimum absolute atomic E-state index is 0.255. The van der Waals surface area contributed by atoms with Gasteiger partial charge in [-0.3, -0.25) is 4.79 Å². The van der Waals surface area contributed by atoms with E-state index >= 15 is 0 Å². The molecule has 7 heteroatoms. The van der Waals surface area contributed by atoms with Crippen LogP contribution in [-0.2, 0) is 4.74 Å². The second-order valence-corrected chi connectivity index (χ2v) is 6.86. The molecule has 5 nitrogen and oxygen atoms in total. The first-order valence-corrected chi connectivity index (χ1v) is 9.03. The average molecular weight is 426 g/mol. The van der Waals surface area contributed by atoms with E-state index in [-0.39, 0.29) is 5.91 Å². The third-order valence-corrected chi connectivity index (χ3v) is 4.77. The molecule has 0 unspecified atom stereocenters. The van der Waals surface area contributed by atoms with Gasteiger partial charge in [0.25, 0.3) is 5.91 Å². The van der Waals surface area contributed by atoms with E-state index in [0.717, 1.165) is 23.2 Å². The van der Waals surface area contributed by atoms with Crippen molar-refractivity contribution in [2.24, 2.45) is 0 Å². The highest BCUT2D eigenvalue weighted by molar-refractivity contribution is 9.10. The molecule has 0 spiro atoms. The fraction of sp³-hybridized carbons (Fsp3) is 0.278. The van der Waals surface area contributed by atoms with Crippen LogP contribution >= 0.6 is 27.5 Å². The van der Waals surface area contributed by atoms with Crippen molar-refractivity contribution in [1.29, 1.82) is 0 Å². The molecule has 0 saturated carbocycles. The average Bonchev–Trinajstić information content (AvgIpc) is 2.62. The van der Waals surface area contributed by atoms with E-state index in [1.807, 2.05) is 24.3 Å². The number of nitrogens with one attached hydrogen (secondary N) is 1. The molecule has 0 atom stereocenters. The van der Waals surface area contributed by atoms with Crippen molar-refractivity contribution < 1.29 is 14.3 Å². The summed E-state index contributed by atoms with van der Waals surface area (Å²) >= 11 is 9.80. The second kappa shape index (κ2) is 8.08. The van der Waals surface area contributed by atoms with Crippen molar-refractivity contribution in [2.75, 3.05) is 43.6 Å². The number of carbonyl (C=O) groups excluding carboxylic acids is 1. The zero-order valence-corrected chi connectivity index (χ0v) is 16.1. The predicted molar refractivity (Wildman–Crippen MR) is 103 cm³/mol. The van der Waals surface area contributed by atoms with Gasteiger partial charge >= 0.3 is 0 Å². The van der Waals surface area contributed by atoms with Crippen molar-refractivity contribution in [3.63, 3.8) is 0 Å². The van der Waals surface area contributed by atoms with Crippen LogP contribution in [0.2, 0.25) is 5.02 Å². The van der Waals surface area contributed by atoms with E-state index in [1.165, 1.54) is 0 Å². The molecule has 2 aromatic carbocycles. The monoisotopic (exact) mass is 424 g/mol. The summed E-state index contributed by atoms with van der Waals surface area (Å²) < 4.78 is 11.5. The summed E-state index contributed by atoms with van der Waals surface area (Å²) in [6, 6.07) is 10.8. The molecule has 2 aromatic rings. The van der Waals surface area contributed by atoms with E-state index in [4.69, 9.17) is 21.1 Å². The first-order valence-electron chi connectivity index (χ1n) is 7.86. The molecule has 1 aliphatic heterocycles. The Hall–Kier alpha value is -1.76. The number of para-hydroxylation sites is 1. The molecule has 0 radical (unpaired) electrons. The zero-order chi connectivity index (χ0) is 17.8. The van der Waals surface area contributed by atoms with E-state index in [2.05, 4.69) is 26.1 Å². The summed E-state index contributed by atoms with van der Waals surface area (Å²) in [5.74, 6) is 0.255. The number of ether oxygens (including phenoxy) is 2. The number of morpholine rings is 1. The maximum absolute atomic E-state index is 12.8. The van der Waals surface area contributed by atoms with E-state index in [0.29, 0.717) is 35.2 Å². The minimum Gasteiger partial charge on any atom is -0.496 e. The van der Waals surface area contributed by atoms with Crippen LogP contribution in [-0.4, -0.2) is 39.3 Å². The van der Waals surface area contributed by atoms with E-state index < -0.39 is 0 Å². The van der Waals surface area contributed by atoms with Crippen molar-refractivity contribution >= 4 is 44.8 Å². The molecule has 1 N–H and O–H groups in total. The summed E-state index contributed by atoms with van der Waals surface area (Å²) in [5.41, 5.74) is 1.93. The van der Waals surface area contributed by atoms with Crippen LogP contribution in [0.4, 0.5) is 11.4 Å². The van der Waals surface area contributed by atoms with Crippen LogP contribution < -0.4 is 15.0 Å². The molecule has 1 aliphatic rings. The van der Waals surface area contributed by atoms with Gasteiger partial charge < -0.3 is 19.7 Å². The van der Waals surface area contributed by atoms with Crippen molar-refractivity contribution in [3.05, 3.63) is 51.5 Å². The highest BCUT2D eigenvalue weighted by Crippen LogP contribution is 2.35. The highest BCUT2D eigenvalue weighted by atomic mass is 79.9. The first kappa shape index (κ1) is 18.0. The van der Waals surface area contributed by atoms with Crippen LogP contribution in [0.1, 0.15) is 10.4 Å². The van der Waals surface area contributed by atoms with Gasteiger partial charge in [0, 0.05) is 17.6 Å². The van der Waals surface area contributed by atoms with Gasteiger partial charge in [-0.25, -0.2) is 0 Å². The van der Waals surface area contributed by atoms with Crippen LogP contribution in [0.15, 0.2) is 40.9 Å². The lowest BCUT2D eigenvalue weighted by molar-refractivity contribution is 0.102. The molecule has 3 rings (SSSR count). The molecule has 1 fully saturated rings. The molecule has 0 aliphatic carbocycles. The number of nitrogens with zero attached hydrogens (tertiary/aromatic N) is 1. The minimum atomic E-state index is -0.255. The topological polar surface area (TPSA) is 50.8 Å². The maximum atomic E-state index is 12.8. The predicted octanol–water partition coefficient (Wildman–Crippen LogP) is 4.20. The third-order valence-electron chi connectivity index (χ3n) is 3.97. The SMILES string of the molecule is COc1ccc(Br)cc1C(=O)Nc1cccc(Cl)c1N1CCOCC1. The Labute approximate surface area is 160 Å². The molecular weight excluding hydrogens is 408 g/mol. The Morgan fingerprint density at radius 2 is 2.04 bits per heavy atom. The summed E-state index contributed by atoms with van der Waals surface area (Å²) in [6.45, 7) is 2.73. The molecule has 1 heterocycles.